The predicted molar refractivity (Wildman–Crippen MR) is 62.3 cm³/mol. The molecule has 1 aromatic rings. The molecule has 0 aromatic heterocycles. The van der Waals surface area contributed by atoms with Gasteiger partial charge in [0.25, 0.3) is 0 Å². The average molecular weight is 217 g/mol. The second-order valence-corrected chi connectivity index (χ2v) is 3.86. The first kappa shape index (κ1) is 10.7. The molecule has 0 atom stereocenters. The van der Waals surface area contributed by atoms with Crippen LogP contribution in [0.1, 0.15) is 30.9 Å². The predicted octanol–water partition coefficient (Wildman–Crippen LogP) is 2.43. The number of aryl methyl sites for hydroxylation is 1. The van der Waals surface area contributed by atoms with Crippen molar-refractivity contribution in [3.63, 3.8) is 0 Å². The third kappa shape index (κ3) is 2.42. The van der Waals surface area contributed by atoms with Gasteiger partial charge in [0.1, 0.15) is 0 Å². The van der Waals surface area contributed by atoms with Gasteiger partial charge in [-0.15, -0.1) is 0 Å². The van der Waals surface area contributed by atoms with Crippen molar-refractivity contribution in [3.8, 4) is 0 Å². The van der Waals surface area contributed by atoms with Crippen LogP contribution in [0.15, 0.2) is 30.3 Å². The average Bonchev–Trinajstić information content (AvgIpc) is 2.48. The normalized spacial score (nSPS) is 14.4. The number of hydroxylamine groups is 1. The van der Waals surface area contributed by atoms with E-state index in [1.165, 1.54) is 12.5 Å². The molecule has 3 nitrogen and oxygen atoms in total. The van der Waals surface area contributed by atoms with Crippen molar-refractivity contribution < 1.29 is 9.63 Å². The Kier molecular flexibility index (Phi) is 3.25. The largest absolute Gasteiger partial charge is 0.344 e. The number of rotatable bonds is 2. The number of carbonyl (C=O) groups is 1. The number of fused-ring (bicyclic) bond motifs is 1. The van der Waals surface area contributed by atoms with Gasteiger partial charge in [-0.25, -0.2) is 5.48 Å². The highest BCUT2D eigenvalue weighted by atomic mass is 16.7. The molecule has 0 heterocycles. The Hall–Kier alpha value is -1.77. The monoisotopic (exact) mass is 217 g/mol. The molecule has 0 saturated heterocycles. The minimum Gasteiger partial charge on any atom is -0.344 e. The molecule has 2 rings (SSSR count). The second-order valence-electron chi connectivity index (χ2n) is 3.86. The van der Waals surface area contributed by atoms with Gasteiger partial charge in [0.05, 0.1) is 5.70 Å². The van der Waals surface area contributed by atoms with Crippen LogP contribution in [0, 0.1) is 0 Å². The third-order valence-electron chi connectivity index (χ3n) is 2.61. The standard InChI is InChI=1S/C13H15NO2/c1-10(15)16-14-13-9-5-3-7-11-6-2-4-8-12(11)13/h2,4,6,8-9,14H,3,5,7H2,1H3. The summed E-state index contributed by atoms with van der Waals surface area (Å²) in [4.78, 5) is 15.6. The molecular weight excluding hydrogens is 202 g/mol. The molecule has 0 bridgehead atoms. The maximum Gasteiger partial charge on any atom is 0.329 e. The molecule has 0 spiro atoms. The molecule has 0 amide bonds. The summed E-state index contributed by atoms with van der Waals surface area (Å²) in [5.74, 6) is -0.331. The SMILES string of the molecule is CC(=O)ONC1=CCCCc2ccccc21. The van der Waals surface area contributed by atoms with E-state index >= 15 is 0 Å². The van der Waals surface area contributed by atoms with Crippen LogP contribution >= 0.6 is 0 Å². The first-order valence-electron chi connectivity index (χ1n) is 5.49. The van der Waals surface area contributed by atoms with Gasteiger partial charge >= 0.3 is 5.97 Å². The molecule has 0 saturated carbocycles. The summed E-state index contributed by atoms with van der Waals surface area (Å²) in [6.45, 7) is 1.39. The van der Waals surface area contributed by atoms with Gasteiger partial charge < -0.3 is 4.84 Å². The fraction of sp³-hybridized carbons (Fsp3) is 0.308. The Bertz CT molecular complexity index is 424. The van der Waals surface area contributed by atoms with Crippen LogP contribution in [0.25, 0.3) is 5.70 Å². The summed E-state index contributed by atoms with van der Waals surface area (Å²) in [7, 11) is 0. The highest BCUT2D eigenvalue weighted by Crippen LogP contribution is 2.23. The van der Waals surface area contributed by atoms with Crippen molar-refractivity contribution in [1.29, 1.82) is 0 Å². The number of allylic oxidation sites excluding steroid dienone is 1. The Morgan fingerprint density at radius 1 is 1.38 bits per heavy atom. The molecule has 1 N–H and O–H groups in total. The van der Waals surface area contributed by atoms with E-state index in [2.05, 4.69) is 17.6 Å². The van der Waals surface area contributed by atoms with Crippen molar-refractivity contribution in [2.45, 2.75) is 26.2 Å². The van der Waals surface area contributed by atoms with E-state index in [0.29, 0.717) is 0 Å². The lowest BCUT2D eigenvalue weighted by atomic mass is 10.0. The van der Waals surface area contributed by atoms with Crippen LogP contribution in [0.5, 0.6) is 0 Å². The summed E-state index contributed by atoms with van der Waals surface area (Å²) in [5, 5.41) is 0. The molecule has 3 heteroatoms. The van der Waals surface area contributed by atoms with Crippen LogP contribution in [0.4, 0.5) is 0 Å². The molecule has 1 aromatic carbocycles. The minimum atomic E-state index is -0.331. The van der Waals surface area contributed by atoms with Gasteiger partial charge in [-0.1, -0.05) is 30.3 Å². The smallest absolute Gasteiger partial charge is 0.329 e. The third-order valence-corrected chi connectivity index (χ3v) is 2.61. The van der Waals surface area contributed by atoms with Crippen LogP contribution < -0.4 is 5.48 Å². The molecule has 0 aliphatic heterocycles. The summed E-state index contributed by atoms with van der Waals surface area (Å²) in [6, 6.07) is 8.19. The summed E-state index contributed by atoms with van der Waals surface area (Å²) in [5.41, 5.74) is 6.04. The van der Waals surface area contributed by atoms with Gasteiger partial charge in [0.15, 0.2) is 0 Å². The number of benzene rings is 1. The molecule has 0 fully saturated rings. The van der Waals surface area contributed by atoms with E-state index in [1.807, 2.05) is 18.2 Å². The van der Waals surface area contributed by atoms with E-state index in [4.69, 9.17) is 4.84 Å². The van der Waals surface area contributed by atoms with Crippen molar-refractivity contribution in [2.24, 2.45) is 0 Å². The molecule has 16 heavy (non-hydrogen) atoms. The first-order valence-corrected chi connectivity index (χ1v) is 5.49. The van der Waals surface area contributed by atoms with E-state index in [1.54, 1.807) is 0 Å². The Labute approximate surface area is 95.1 Å². The topological polar surface area (TPSA) is 38.3 Å². The zero-order chi connectivity index (χ0) is 11.4. The highest BCUT2D eigenvalue weighted by molar-refractivity contribution is 5.70. The first-order chi connectivity index (χ1) is 7.77. The molecule has 1 aliphatic carbocycles. The van der Waals surface area contributed by atoms with Crippen LogP contribution in [-0.4, -0.2) is 5.97 Å². The molecule has 84 valence electrons. The van der Waals surface area contributed by atoms with Crippen molar-refractivity contribution in [3.05, 3.63) is 41.5 Å². The second kappa shape index (κ2) is 4.84. The Balaban J connectivity index is 2.24. The highest BCUT2D eigenvalue weighted by Gasteiger charge is 2.11. The molecule has 0 radical (unpaired) electrons. The zero-order valence-corrected chi connectivity index (χ0v) is 9.32. The van der Waals surface area contributed by atoms with Gasteiger partial charge in [-0.05, 0) is 24.8 Å². The fourth-order valence-corrected chi connectivity index (χ4v) is 1.87. The van der Waals surface area contributed by atoms with E-state index < -0.39 is 0 Å². The maximum absolute atomic E-state index is 10.8. The molecule has 1 aliphatic rings. The van der Waals surface area contributed by atoms with Crippen LogP contribution in [-0.2, 0) is 16.1 Å². The van der Waals surface area contributed by atoms with Gasteiger partial charge in [-0.3, -0.25) is 4.79 Å². The Morgan fingerprint density at radius 2 is 2.19 bits per heavy atom. The number of hydrogen-bond donors (Lipinski definition) is 1. The quantitative estimate of drug-likeness (QED) is 0.773. The van der Waals surface area contributed by atoms with Crippen molar-refractivity contribution in [2.75, 3.05) is 0 Å². The van der Waals surface area contributed by atoms with E-state index in [9.17, 15) is 4.79 Å². The van der Waals surface area contributed by atoms with Crippen molar-refractivity contribution >= 4 is 11.7 Å². The van der Waals surface area contributed by atoms with Gasteiger partial charge in [-0.2, -0.15) is 0 Å². The summed E-state index contributed by atoms with van der Waals surface area (Å²) >= 11 is 0. The lowest BCUT2D eigenvalue weighted by molar-refractivity contribution is -0.145. The number of hydrogen-bond acceptors (Lipinski definition) is 3. The molecular formula is C13H15NO2. The fourth-order valence-electron chi connectivity index (χ4n) is 1.87. The number of nitrogens with one attached hydrogen (secondary N) is 1. The van der Waals surface area contributed by atoms with Gasteiger partial charge in [0.2, 0.25) is 0 Å². The van der Waals surface area contributed by atoms with E-state index in [-0.39, 0.29) is 5.97 Å². The van der Waals surface area contributed by atoms with Crippen LogP contribution in [0.2, 0.25) is 0 Å². The Morgan fingerprint density at radius 3 is 3.00 bits per heavy atom. The van der Waals surface area contributed by atoms with E-state index in [0.717, 1.165) is 30.5 Å². The number of carbonyl (C=O) groups excluding carboxylic acids is 1. The zero-order valence-electron chi connectivity index (χ0n) is 9.32. The summed E-state index contributed by atoms with van der Waals surface area (Å²) in [6.07, 6.45) is 5.27. The maximum atomic E-state index is 10.8. The van der Waals surface area contributed by atoms with Crippen molar-refractivity contribution in [1.82, 2.24) is 5.48 Å². The van der Waals surface area contributed by atoms with Crippen LogP contribution in [0.3, 0.4) is 0 Å². The lowest BCUT2D eigenvalue weighted by Gasteiger charge is -2.11. The van der Waals surface area contributed by atoms with Gasteiger partial charge in [0, 0.05) is 12.5 Å². The lowest BCUT2D eigenvalue weighted by Crippen LogP contribution is -2.16. The molecule has 0 unspecified atom stereocenters. The minimum absolute atomic E-state index is 0.331. The summed E-state index contributed by atoms with van der Waals surface area (Å²) < 4.78 is 0.